The van der Waals surface area contributed by atoms with Crippen LogP contribution >= 0.6 is 0 Å². The molecular formula is C16H25N5O4S. The van der Waals surface area contributed by atoms with E-state index in [4.69, 9.17) is 10.5 Å². The Morgan fingerprint density at radius 3 is 3.08 bits per heavy atom. The first-order chi connectivity index (χ1) is 12.4. The van der Waals surface area contributed by atoms with Gasteiger partial charge in [-0.1, -0.05) is 19.4 Å². The van der Waals surface area contributed by atoms with Gasteiger partial charge >= 0.3 is 10.2 Å². The summed E-state index contributed by atoms with van der Waals surface area (Å²) in [5.74, 6) is 0.372. The highest BCUT2D eigenvalue weighted by Crippen LogP contribution is 2.31. The quantitative estimate of drug-likeness (QED) is 0.516. The zero-order chi connectivity index (χ0) is 18.7. The number of amidine groups is 1. The average Bonchev–Trinajstić information content (AvgIpc) is 2.59. The normalized spacial score (nSPS) is 23.5. The molecule has 0 aliphatic carbocycles. The predicted octanol–water partition coefficient (Wildman–Crippen LogP) is 0.181. The Morgan fingerprint density at radius 2 is 2.31 bits per heavy atom. The maximum atomic E-state index is 11.7. The summed E-state index contributed by atoms with van der Waals surface area (Å²) in [5.41, 5.74) is 6.63. The molecule has 0 saturated carbocycles. The molecule has 1 aromatic carbocycles. The molecule has 1 aromatic rings. The van der Waals surface area contributed by atoms with Crippen molar-refractivity contribution in [2.45, 2.75) is 38.6 Å². The summed E-state index contributed by atoms with van der Waals surface area (Å²) in [6.07, 6.45) is 2.30. The van der Waals surface area contributed by atoms with Crippen LogP contribution in [0.1, 0.15) is 31.7 Å². The number of likely N-dealkylation sites (tertiary alicyclic amines) is 1. The molecule has 2 atom stereocenters. The largest absolute Gasteiger partial charge is 0.491 e. The Bertz CT molecular complexity index is 783. The molecule has 3 rings (SSSR count). The van der Waals surface area contributed by atoms with E-state index in [2.05, 4.69) is 14.4 Å². The summed E-state index contributed by atoms with van der Waals surface area (Å²) >= 11 is 0. The molecule has 10 heteroatoms. The van der Waals surface area contributed by atoms with Gasteiger partial charge in [0, 0.05) is 12.6 Å². The molecule has 1 unspecified atom stereocenters. The Morgan fingerprint density at radius 1 is 1.50 bits per heavy atom. The first-order valence-electron chi connectivity index (χ1n) is 8.73. The van der Waals surface area contributed by atoms with Crippen molar-refractivity contribution >= 4 is 21.7 Å². The van der Waals surface area contributed by atoms with Crippen molar-refractivity contribution in [1.29, 1.82) is 0 Å². The molecule has 2 aliphatic heterocycles. The fourth-order valence-electron chi connectivity index (χ4n) is 3.35. The van der Waals surface area contributed by atoms with E-state index >= 15 is 0 Å². The van der Waals surface area contributed by atoms with Gasteiger partial charge in [-0.05, 0) is 31.5 Å². The molecule has 0 amide bonds. The van der Waals surface area contributed by atoms with Crippen LogP contribution in [-0.4, -0.2) is 56.3 Å². The van der Waals surface area contributed by atoms with E-state index < -0.39 is 16.6 Å². The lowest BCUT2D eigenvalue weighted by Crippen LogP contribution is -2.54. The Labute approximate surface area is 153 Å². The minimum absolute atomic E-state index is 0.0482. The second kappa shape index (κ2) is 7.78. The fourth-order valence-corrected chi connectivity index (χ4v) is 4.19. The average molecular weight is 383 g/mol. The third kappa shape index (κ3) is 4.09. The molecule has 1 fully saturated rings. The predicted molar refractivity (Wildman–Crippen MR) is 99.2 cm³/mol. The van der Waals surface area contributed by atoms with Crippen LogP contribution in [0, 0.1) is 0 Å². The first-order valence-corrected chi connectivity index (χ1v) is 10.2. The first kappa shape index (κ1) is 18.9. The zero-order valence-electron chi connectivity index (χ0n) is 14.7. The minimum atomic E-state index is -3.82. The SMILES string of the molecule is CCNC(O)N1CCCC[C@H]1COc1cccc2c1C(N)=NS(=O)(=O)N2. The highest BCUT2D eigenvalue weighted by Gasteiger charge is 2.29. The van der Waals surface area contributed by atoms with Crippen LogP contribution in [-0.2, 0) is 10.2 Å². The molecule has 26 heavy (non-hydrogen) atoms. The van der Waals surface area contributed by atoms with E-state index in [0.29, 0.717) is 30.2 Å². The van der Waals surface area contributed by atoms with E-state index in [-0.39, 0.29) is 11.9 Å². The number of benzene rings is 1. The summed E-state index contributed by atoms with van der Waals surface area (Å²) in [7, 11) is -3.82. The molecule has 0 bridgehead atoms. The van der Waals surface area contributed by atoms with E-state index in [1.807, 2.05) is 11.8 Å². The molecule has 0 aromatic heterocycles. The van der Waals surface area contributed by atoms with Gasteiger partial charge in [0.15, 0.2) is 12.2 Å². The van der Waals surface area contributed by atoms with Crippen LogP contribution in [0.15, 0.2) is 22.6 Å². The number of rotatable bonds is 6. The van der Waals surface area contributed by atoms with Gasteiger partial charge in [-0.2, -0.15) is 8.42 Å². The van der Waals surface area contributed by atoms with Crippen LogP contribution in [0.4, 0.5) is 5.69 Å². The smallest absolute Gasteiger partial charge is 0.344 e. The van der Waals surface area contributed by atoms with Crippen LogP contribution in [0.3, 0.4) is 0 Å². The summed E-state index contributed by atoms with van der Waals surface area (Å²) in [6, 6.07) is 5.09. The standard InChI is InChI=1S/C16H25N5O4S/c1-2-18-16(22)21-9-4-3-6-11(21)10-25-13-8-5-7-12-14(13)15(17)20-26(23,24)19-12/h5,7-8,11,16,18-19,22H,2-4,6,9-10H2,1H3,(H2,17,20)/t11-,16?/m0/s1. The molecule has 9 nitrogen and oxygen atoms in total. The lowest BCUT2D eigenvalue weighted by Gasteiger charge is -2.38. The maximum absolute atomic E-state index is 11.7. The molecule has 5 N–H and O–H groups in total. The zero-order valence-corrected chi connectivity index (χ0v) is 15.5. The number of aliphatic hydroxyl groups excluding tert-OH is 1. The number of nitrogens with zero attached hydrogens (tertiary/aromatic N) is 2. The van der Waals surface area contributed by atoms with E-state index in [9.17, 15) is 13.5 Å². The van der Waals surface area contributed by atoms with Gasteiger partial charge in [-0.3, -0.25) is 14.9 Å². The van der Waals surface area contributed by atoms with Gasteiger partial charge in [0.05, 0.1) is 11.3 Å². The minimum Gasteiger partial charge on any atom is -0.491 e. The number of fused-ring (bicyclic) bond motifs is 1. The summed E-state index contributed by atoms with van der Waals surface area (Å²) in [6.45, 7) is 3.76. The molecule has 2 aliphatic rings. The third-order valence-electron chi connectivity index (χ3n) is 4.54. The molecule has 144 valence electrons. The third-order valence-corrected chi connectivity index (χ3v) is 5.46. The highest BCUT2D eigenvalue weighted by atomic mass is 32.2. The van der Waals surface area contributed by atoms with Gasteiger partial charge in [0.25, 0.3) is 0 Å². The van der Waals surface area contributed by atoms with Crippen molar-refractivity contribution in [2.24, 2.45) is 10.1 Å². The number of anilines is 1. The van der Waals surface area contributed by atoms with Crippen molar-refractivity contribution in [2.75, 3.05) is 24.4 Å². The maximum Gasteiger partial charge on any atom is 0.344 e. The number of hydrogen-bond donors (Lipinski definition) is 4. The topological polar surface area (TPSA) is 129 Å². The number of aliphatic hydroxyl groups is 1. The van der Waals surface area contributed by atoms with Gasteiger partial charge in [-0.25, -0.2) is 0 Å². The Kier molecular flexibility index (Phi) is 5.66. The highest BCUT2D eigenvalue weighted by molar-refractivity contribution is 7.91. The van der Waals surface area contributed by atoms with Gasteiger partial charge in [-0.15, -0.1) is 4.40 Å². The fraction of sp³-hybridized carbons (Fsp3) is 0.562. The second-order valence-corrected chi connectivity index (χ2v) is 7.70. The molecular weight excluding hydrogens is 358 g/mol. The van der Waals surface area contributed by atoms with E-state index in [1.165, 1.54) is 0 Å². The Balaban J connectivity index is 1.76. The van der Waals surface area contributed by atoms with Crippen molar-refractivity contribution in [1.82, 2.24) is 10.2 Å². The van der Waals surface area contributed by atoms with Crippen LogP contribution in [0.5, 0.6) is 5.75 Å². The Hall–Kier alpha value is -1.88. The second-order valence-electron chi connectivity index (χ2n) is 6.36. The van der Waals surface area contributed by atoms with Gasteiger partial charge in [0.1, 0.15) is 12.4 Å². The van der Waals surface area contributed by atoms with Crippen molar-refractivity contribution in [3.05, 3.63) is 23.8 Å². The monoisotopic (exact) mass is 383 g/mol. The van der Waals surface area contributed by atoms with Crippen molar-refractivity contribution in [3.63, 3.8) is 0 Å². The number of piperidine rings is 1. The van der Waals surface area contributed by atoms with E-state index in [1.54, 1.807) is 18.2 Å². The van der Waals surface area contributed by atoms with Crippen LogP contribution in [0.2, 0.25) is 0 Å². The van der Waals surface area contributed by atoms with Gasteiger partial charge < -0.3 is 15.6 Å². The summed E-state index contributed by atoms with van der Waals surface area (Å²) in [4.78, 5) is 1.99. The van der Waals surface area contributed by atoms with Crippen molar-refractivity contribution < 1.29 is 18.3 Å². The number of nitrogens with two attached hydrogens (primary N) is 1. The van der Waals surface area contributed by atoms with Gasteiger partial charge in [0.2, 0.25) is 0 Å². The lowest BCUT2D eigenvalue weighted by molar-refractivity contribution is -0.0698. The number of nitrogens with one attached hydrogen (secondary N) is 2. The molecule has 1 saturated heterocycles. The van der Waals surface area contributed by atoms with E-state index in [0.717, 1.165) is 25.8 Å². The van der Waals surface area contributed by atoms with Crippen LogP contribution in [0.25, 0.3) is 0 Å². The summed E-state index contributed by atoms with van der Waals surface area (Å²) < 4.78 is 35.1. The van der Waals surface area contributed by atoms with Crippen molar-refractivity contribution in [3.8, 4) is 5.75 Å². The molecule has 2 heterocycles. The molecule has 0 spiro atoms. The number of hydrogen-bond acceptors (Lipinski definition) is 7. The molecule has 0 radical (unpaired) electrons. The number of ether oxygens (including phenoxy) is 1. The lowest BCUT2D eigenvalue weighted by atomic mass is 10.0. The summed E-state index contributed by atoms with van der Waals surface area (Å²) in [5, 5.41) is 13.3. The van der Waals surface area contributed by atoms with Crippen LogP contribution < -0.4 is 20.5 Å².